The van der Waals surface area contributed by atoms with E-state index in [1.807, 2.05) is 43.3 Å². The van der Waals surface area contributed by atoms with Gasteiger partial charge in [-0.2, -0.15) is 0 Å². The summed E-state index contributed by atoms with van der Waals surface area (Å²) in [6.07, 6.45) is 3.48. The van der Waals surface area contributed by atoms with E-state index in [0.29, 0.717) is 19.7 Å². The molecule has 0 fully saturated rings. The Hall–Kier alpha value is -2.20. The van der Waals surface area contributed by atoms with E-state index in [1.165, 1.54) is 0 Å². The van der Waals surface area contributed by atoms with E-state index < -0.39 is 0 Å². The number of benzene rings is 1. The molecule has 110 valence electrons. The van der Waals surface area contributed by atoms with Crippen molar-refractivity contribution in [3.8, 4) is 0 Å². The maximum absolute atomic E-state index is 12.7. The van der Waals surface area contributed by atoms with Crippen molar-refractivity contribution < 1.29 is 9.53 Å². The first-order valence-electron chi connectivity index (χ1n) is 6.95. The molecule has 0 spiro atoms. The van der Waals surface area contributed by atoms with Crippen molar-refractivity contribution in [2.75, 3.05) is 20.3 Å². The molecule has 4 heteroatoms. The zero-order valence-electron chi connectivity index (χ0n) is 12.5. The lowest BCUT2D eigenvalue weighted by atomic mass is 10.1. The number of aromatic nitrogens is 1. The third-order valence-corrected chi connectivity index (χ3v) is 3.35. The molecule has 2 rings (SSSR count). The summed E-state index contributed by atoms with van der Waals surface area (Å²) in [5.74, 6) is 0.0296. The van der Waals surface area contributed by atoms with Crippen molar-refractivity contribution in [2.24, 2.45) is 0 Å². The van der Waals surface area contributed by atoms with Crippen LogP contribution in [-0.2, 0) is 11.3 Å². The summed E-state index contributed by atoms with van der Waals surface area (Å²) in [5, 5.41) is 0. The predicted molar refractivity (Wildman–Crippen MR) is 82.0 cm³/mol. The second-order valence-corrected chi connectivity index (χ2v) is 4.89. The van der Waals surface area contributed by atoms with Crippen LogP contribution in [0.1, 0.15) is 21.5 Å². The van der Waals surface area contributed by atoms with Crippen LogP contribution in [0.4, 0.5) is 0 Å². The van der Waals surface area contributed by atoms with E-state index >= 15 is 0 Å². The second-order valence-electron chi connectivity index (χ2n) is 4.89. The van der Waals surface area contributed by atoms with Gasteiger partial charge >= 0.3 is 0 Å². The number of hydrogen-bond donors (Lipinski definition) is 0. The molecule has 0 aliphatic carbocycles. The molecule has 0 radical (unpaired) electrons. The lowest BCUT2D eigenvalue weighted by molar-refractivity contribution is 0.0679. The number of methoxy groups -OCH3 is 1. The van der Waals surface area contributed by atoms with Crippen LogP contribution in [0.5, 0.6) is 0 Å². The molecular weight excluding hydrogens is 264 g/mol. The van der Waals surface area contributed by atoms with Crippen molar-refractivity contribution in [3.63, 3.8) is 0 Å². The van der Waals surface area contributed by atoms with Crippen LogP contribution >= 0.6 is 0 Å². The zero-order chi connectivity index (χ0) is 15.1. The van der Waals surface area contributed by atoms with Crippen molar-refractivity contribution in [1.29, 1.82) is 0 Å². The highest BCUT2D eigenvalue weighted by molar-refractivity contribution is 5.95. The van der Waals surface area contributed by atoms with Crippen LogP contribution in [0, 0.1) is 6.92 Å². The van der Waals surface area contributed by atoms with Crippen molar-refractivity contribution in [2.45, 2.75) is 13.5 Å². The highest BCUT2D eigenvalue weighted by Gasteiger charge is 2.17. The van der Waals surface area contributed by atoms with Gasteiger partial charge in [-0.1, -0.05) is 18.2 Å². The fraction of sp³-hybridized carbons (Fsp3) is 0.294. The van der Waals surface area contributed by atoms with Gasteiger partial charge in [0, 0.05) is 38.2 Å². The standard InChI is InChI=1S/C17H20N2O2/c1-14-5-3-4-6-16(14)17(20)19(11-12-21-2)13-15-7-9-18-10-8-15/h3-10H,11-13H2,1-2H3. The average molecular weight is 284 g/mol. The molecule has 1 amide bonds. The summed E-state index contributed by atoms with van der Waals surface area (Å²) in [6.45, 7) is 3.59. The first-order valence-corrected chi connectivity index (χ1v) is 6.95. The monoisotopic (exact) mass is 284 g/mol. The van der Waals surface area contributed by atoms with E-state index in [2.05, 4.69) is 4.98 Å². The van der Waals surface area contributed by atoms with Gasteiger partial charge in [-0.05, 0) is 36.2 Å². The van der Waals surface area contributed by atoms with Crippen LogP contribution < -0.4 is 0 Å². The van der Waals surface area contributed by atoms with Gasteiger partial charge in [0.1, 0.15) is 0 Å². The van der Waals surface area contributed by atoms with Gasteiger partial charge in [-0.15, -0.1) is 0 Å². The third kappa shape index (κ3) is 4.13. The quantitative estimate of drug-likeness (QED) is 0.819. The Morgan fingerprint density at radius 3 is 2.57 bits per heavy atom. The number of carbonyl (C=O) groups is 1. The first kappa shape index (κ1) is 15.2. The number of aryl methyl sites for hydroxylation is 1. The predicted octanol–water partition coefficient (Wildman–Crippen LogP) is 2.68. The molecule has 4 nitrogen and oxygen atoms in total. The molecule has 1 heterocycles. The van der Waals surface area contributed by atoms with E-state index in [0.717, 1.165) is 16.7 Å². The first-order chi connectivity index (χ1) is 10.2. The van der Waals surface area contributed by atoms with Gasteiger partial charge in [-0.25, -0.2) is 0 Å². The summed E-state index contributed by atoms with van der Waals surface area (Å²) in [6, 6.07) is 11.5. The molecule has 0 unspecified atom stereocenters. The molecular formula is C17H20N2O2. The van der Waals surface area contributed by atoms with Crippen molar-refractivity contribution in [1.82, 2.24) is 9.88 Å². The molecule has 0 aliphatic rings. The minimum absolute atomic E-state index is 0.0296. The molecule has 2 aromatic rings. The number of rotatable bonds is 6. The van der Waals surface area contributed by atoms with Gasteiger partial charge in [0.05, 0.1) is 6.61 Å². The number of carbonyl (C=O) groups excluding carboxylic acids is 1. The normalized spacial score (nSPS) is 10.4. The van der Waals surface area contributed by atoms with E-state index in [4.69, 9.17) is 4.74 Å². The third-order valence-electron chi connectivity index (χ3n) is 3.35. The number of ether oxygens (including phenoxy) is 1. The molecule has 0 saturated heterocycles. The summed E-state index contributed by atoms with van der Waals surface area (Å²) in [5.41, 5.74) is 2.78. The summed E-state index contributed by atoms with van der Waals surface area (Å²) < 4.78 is 5.12. The molecule has 0 saturated carbocycles. The number of hydrogen-bond acceptors (Lipinski definition) is 3. The van der Waals surface area contributed by atoms with Gasteiger partial charge < -0.3 is 9.64 Å². The van der Waals surface area contributed by atoms with Gasteiger partial charge in [0.25, 0.3) is 5.91 Å². The van der Waals surface area contributed by atoms with Crippen LogP contribution in [-0.4, -0.2) is 36.1 Å². The highest BCUT2D eigenvalue weighted by Crippen LogP contribution is 2.13. The SMILES string of the molecule is COCCN(Cc1ccncc1)C(=O)c1ccccc1C. The van der Waals surface area contributed by atoms with Crippen LogP contribution in [0.2, 0.25) is 0 Å². The lowest BCUT2D eigenvalue weighted by Gasteiger charge is -2.23. The number of nitrogens with zero attached hydrogens (tertiary/aromatic N) is 2. The molecule has 0 aliphatic heterocycles. The van der Waals surface area contributed by atoms with E-state index in [1.54, 1.807) is 24.4 Å². The maximum Gasteiger partial charge on any atom is 0.254 e. The van der Waals surface area contributed by atoms with Crippen LogP contribution in [0.15, 0.2) is 48.8 Å². The Morgan fingerprint density at radius 2 is 1.90 bits per heavy atom. The topological polar surface area (TPSA) is 42.4 Å². The van der Waals surface area contributed by atoms with Crippen LogP contribution in [0.3, 0.4) is 0 Å². The lowest BCUT2D eigenvalue weighted by Crippen LogP contribution is -2.33. The van der Waals surface area contributed by atoms with Crippen molar-refractivity contribution >= 4 is 5.91 Å². The van der Waals surface area contributed by atoms with Gasteiger partial charge in [0.2, 0.25) is 0 Å². The van der Waals surface area contributed by atoms with E-state index in [-0.39, 0.29) is 5.91 Å². The fourth-order valence-electron chi connectivity index (χ4n) is 2.15. The zero-order valence-corrected chi connectivity index (χ0v) is 12.5. The van der Waals surface area contributed by atoms with Crippen molar-refractivity contribution in [3.05, 3.63) is 65.5 Å². The molecule has 1 aromatic carbocycles. The number of pyridine rings is 1. The minimum Gasteiger partial charge on any atom is -0.383 e. The molecule has 0 N–H and O–H groups in total. The van der Waals surface area contributed by atoms with Crippen LogP contribution in [0.25, 0.3) is 0 Å². The smallest absolute Gasteiger partial charge is 0.254 e. The minimum atomic E-state index is 0.0296. The largest absolute Gasteiger partial charge is 0.383 e. The summed E-state index contributed by atoms with van der Waals surface area (Å²) in [4.78, 5) is 18.5. The molecule has 0 atom stereocenters. The Labute approximate surface area is 125 Å². The Kier molecular flexibility index (Phi) is 5.46. The van der Waals surface area contributed by atoms with E-state index in [9.17, 15) is 4.79 Å². The van der Waals surface area contributed by atoms with Gasteiger partial charge in [-0.3, -0.25) is 9.78 Å². The Morgan fingerprint density at radius 1 is 1.19 bits per heavy atom. The Balaban J connectivity index is 2.19. The van der Waals surface area contributed by atoms with Gasteiger partial charge in [0.15, 0.2) is 0 Å². The summed E-state index contributed by atoms with van der Waals surface area (Å²) in [7, 11) is 1.64. The second kappa shape index (κ2) is 7.55. The number of amides is 1. The average Bonchev–Trinajstić information content (AvgIpc) is 2.52. The molecule has 0 bridgehead atoms. The highest BCUT2D eigenvalue weighted by atomic mass is 16.5. The Bertz CT molecular complexity index is 584. The summed E-state index contributed by atoms with van der Waals surface area (Å²) >= 11 is 0. The molecule has 21 heavy (non-hydrogen) atoms. The maximum atomic E-state index is 12.7. The fourth-order valence-corrected chi connectivity index (χ4v) is 2.15. The molecule has 1 aromatic heterocycles.